The fourth-order valence-corrected chi connectivity index (χ4v) is 5.51. The van der Waals surface area contributed by atoms with Crippen molar-refractivity contribution in [3.8, 4) is 22.4 Å². The van der Waals surface area contributed by atoms with E-state index in [1.54, 1.807) is 42.1 Å². The molecule has 3 aromatic heterocycles. The number of hydrogen-bond acceptors (Lipinski definition) is 2. The molecule has 3 heteroatoms. The lowest BCUT2D eigenvalue weighted by Crippen LogP contribution is -2.30. The number of furan rings is 1. The third-order valence-corrected chi connectivity index (χ3v) is 6.97. The Kier molecular flexibility index (Phi) is 2.86. The minimum Gasteiger partial charge on any atom is -0.437 e. The van der Waals surface area contributed by atoms with Crippen LogP contribution in [0.2, 0.25) is 0 Å². The van der Waals surface area contributed by atoms with Crippen molar-refractivity contribution in [1.82, 2.24) is 4.98 Å². The summed E-state index contributed by atoms with van der Waals surface area (Å²) in [6, 6.07) is 14.2. The van der Waals surface area contributed by atoms with Gasteiger partial charge >= 0.3 is 0 Å². The average molecular weight is 505 g/mol. The van der Waals surface area contributed by atoms with E-state index in [0.717, 1.165) is 19.4 Å². The van der Waals surface area contributed by atoms with Crippen LogP contribution < -0.4 is 4.57 Å². The second-order valence-electron chi connectivity index (χ2n) is 9.68. The lowest BCUT2D eigenvalue weighted by atomic mass is 9.69. The second-order valence-corrected chi connectivity index (χ2v) is 9.68. The molecule has 0 N–H and O–H groups in total. The molecule has 6 rings (SSSR count). The molecule has 0 bridgehead atoms. The molecule has 2 aromatic carbocycles. The van der Waals surface area contributed by atoms with Crippen LogP contribution in [0.4, 0.5) is 0 Å². The lowest BCUT2D eigenvalue weighted by Gasteiger charge is -2.34. The minimum absolute atomic E-state index is 0.0940. The highest BCUT2D eigenvalue weighted by molar-refractivity contribution is 6.10. The standard InChI is InChI=1S/C34H37N2O/c1-20(2)18-34(19-21(3)4)28-11-9-8-10-24(28)26-17-27-25-13-12-23(6)30(29-16-22(5)14-15-36(29)7)31(25)37-33(27)35-32(26)34/h8-17,20-21H,18-19H2,1-7H3/q+1/i1D3,3D3,5D3,18D2,19D2,20D,21D. The van der Waals surface area contributed by atoms with Crippen LogP contribution in [0.1, 0.15) is 83.2 Å². The topological polar surface area (TPSA) is 29.9 Å². The largest absolute Gasteiger partial charge is 0.437 e. The zero-order valence-electron chi connectivity index (χ0n) is 36.1. The minimum atomic E-state index is -3.46. The van der Waals surface area contributed by atoms with E-state index in [9.17, 15) is 5.48 Å². The van der Waals surface area contributed by atoms with Crippen LogP contribution in [0, 0.1) is 25.6 Å². The Morgan fingerprint density at radius 1 is 1.03 bits per heavy atom. The molecule has 2 atom stereocenters. The number of hydrogen-bond donors (Lipinski definition) is 0. The van der Waals surface area contributed by atoms with Gasteiger partial charge in [0.1, 0.15) is 7.05 Å². The summed E-state index contributed by atoms with van der Waals surface area (Å²) in [5, 5.41) is 0.942. The van der Waals surface area contributed by atoms with Crippen LogP contribution in [0.5, 0.6) is 0 Å². The van der Waals surface area contributed by atoms with E-state index >= 15 is 0 Å². The fraction of sp³-hybridized carbons (Fsp3) is 0.353. The van der Waals surface area contributed by atoms with Gasteiger partial charge in [0, 0.05) is 54.4 Å². The number of fused-ring (bicyclic) bond motifs is 6. The van der Waals surface area contributed by atoms with Crippen molar-refractivity contribution >= 4 is 22.1 Å². The molecule has 0 spiro atoms. The Labute approximate surface area is 241 Å². The summed E-state index contributed by atoms with van der Waals surface area (Å²) in [5.74, 6) is -6.16. The van der Waals surface area contributed by atoms with Gasteiger partial charge in [0.2, 0.25) is 11.4 Å². The van der Waals surface area contributed by atoms with Crippen molar-refractivity contribution in [3.63, 3.8) is 0 Å². The Morgan fingerprint density at radius 3 is 2.57 bits per heavy atom. The van der Waals surface area contributed by atoms with Gasteiger partial charge in [-0.15, -0.1) is 0 Å². The van der Waals surface area contributed by atoms with E-state index in [2.05, 4.69) is 0 Å². The van der Waals surface area contributed by atoms with Crippen molar-refractivity contribution in [2.75, 3.05) is 0 Å². The Bertz CT molecular complexity index is 2220. The van der Waals surface area contributed by atoms with Gasteiger partial charge in [-0.2, -0.15) is 0 Å². The smallest absolute Gasteiger partial charge is 0.227 e. The van der Waals surface area contributed by atoms with E-state index in [1.165, 1.54) is 24.3 Å². The van der Waals surface area contributed by atoms with Crippen LogP contribution >= 0.6 is 0 Å². The van der Waals surface area contributed by atoms with Crippen LogP contribution in [0.15, 0.2) is 65.2 Å². The number of aryl methyl sites for hydroxylation is 3. The van der Waals surface area contributed by atoms with Crippen molar-refractivity contribution < 1.29 is 29.5 Å². The van der Waals surface area contributed by atoms with E-state index in [0.29, 0.717) is 22.0 Å². The summed E-state index contributed by atoms with van der Waals surface area (Å²) in [4.78, 5) is 4.75. The van der Waals surface area contributed by atoms with E-state index in [4.69, 9.17) is 24.5 Å². The maximum atomic E-state index is 9.61. The third kappa shape index (κ3) is 3.62. The quantitative estimate of drug-likeness (QED) is 0.225. The predicted molar refractivity (Wildman–Crippen MR) is 153 cm³/mol. The predicted octanol–water partition coefficient (Wildman–Crippen LogP) is 8.45. The molecule has 0 saturated heterocycles. The molecule has 3 heterocycles. The normalized spacial score (nSPS) is 27.7. The van der Waals surface area contributed by atoms with Crippen molar-refractivity contribution in [3.05, 3.63) is 83.2 Å². The molecule has 1 aliphatic carbocycles. The first kappa shape index (κ1) is 12.4. The summed E-state index contributed by atoms with van der Waals surface area (Å²) in [5.41, 5.74) is -1.15. The molecule has 37 heavy (non-hydrogen) atoms. The molecule has 1 aliphatic rings. The monoisotopic (exact) mass is 504 g/mol. The molecule has 188 valence electrons. The first-order chi connectivity index (χ1) is 23.6. The molecule has 0 radical (unpaired) electrons. The van der Waals surface area contributed by atoms with Gasteiger partial charge in [-0.25, -0.2) is 9.55 Å². The van der Waals surface area contributed by atoms with Gasteiger partial charge in [-0.3, -0.25) is 0 Å². The molecule has 0 saturated carbocycles. The molecule has 0 amide bonds. The molecule has 0 aliphatic heterocycles. The molecule has 0 fully saturated rings. The number of aromatic nitrogens is 2. The van der Waals surface area contributed by atoms with Crippen LogP contribution in [-0.2, 0) is 12.5 Å². The van der Waals surface area contributed by atoms with Gasteiger partial charge in [-0.1, -0.05) is 63.9 Å². The highest BCUT2D eigenvalue weighted by Gasteiger charge is 2.45. The van der Waals surface area contributed by atoms with Gasteiger partial charge in [0.25, 0.3) is 0 Å². The average Bonchev–Trinajstić information content (AvgIpc) is 3.52. The van der Waals surface area contributed by atoms with Crippen LogP contribution in [-0.4, -0.2) is 4.98 Å². The summed E-state index contributed by atoms with van der Waals surface area (Å²) < 4.78 is 138. The SMILES string of the molecule is [2H]C([2H])([2H])c1cc[n+](C)c(-c2c(C)ccc3c2oc2nc4c(cc23)-c2ccccc2C4(C([2H])([2H])C([2H])(C)C([2H])([2H])[2H])C([2H])([2H])C([2H])(C)C([2H])([2H])[2H])c1. The zero-order valence-corrected chi connectivity index (χ0v) is 21.1. The number of rotatable bonds is 5. The Morgan fingerprint density at radius 2 is 1.81 bits per heavy atom. The summed E-state index contributed by atoms with van der Waals surface area (Å²) in [6.07, 6.45) is -5.30. The lowest BCUT2D eigenvalue weighted by molar-refractivity contribution is -0.660. The maximum absolute atomic E-state index is 9.61. The highest BCUT2D eigenvalue weighted by Crippen LogP contribution is 2.55. The van der Waals surface area contributed by atoms with Crippen LogP contribution in [0.25, 0.3) is 44.5 Å². The Balaban J connectivity index is 1.80. The second kappa shape index (κ2) is 8.55. The number of pyridine rings is 2. The zero-order chi connectivity index (χ0) is 39.0. The third-order valence-electron chi connectivity index (χ3n) is 6.97. The highest BCUT2D eigenvalue weighted by atomic mass is 16.3. The van der Waals surface area contributed by atoms with Gasteiger partial charge in [-0.05, 0) is 66.6 Å². The molecule has 3 nitrogen and oxygen atoms in total. The van der Waals surface area contributed by atoms with Gasteiger partial charge in [0.15, 0.2) is 11.8 Å². The Hall–Kier alpha value is -3.46. The first-order valence-electron chi connectivity index (χ1n) is 19.5. The first-order valence-corrected chi connectivity index (χ1v) is 12.0. The summed E-state index contributed by atoms with van der Waals surface area (Å²) >= 11 is 0. The van der Waals surface area contributed by atoms with E-state index < -0.39 is 56.2 Å². The van der Waals surface area contributed by atoms with E-state index in [-0.39, 0.29) is 33.6 Å². The van der Waals surface area contributed by atoms with Crippen molar-refractivity contribution in [1.29, 1.82) is 0 Å². The number of nitrogens with zero attached hydrogens (tertiary/aromatic N) is 2. The van der Waals surface area contributed by atoms with E-state index in [1.807, 2.05) is 13.0 Å². The van der Waals surface area contributed by atoms with Crippen LogP contribution in [0.3, 0.4) is 0 Å². The van der Waals surface area contributed by atoms with Crippen molar-refractivity contribution in [2.45, 2.75) is 59.5 Å². The van der Waals surface area contributed by atoms with Crippen molar-refractivity contribution in [2.24, 2.45) is 18.8 Å². The summed E-state index contributed by atoms with van der Waals surface area (Å²) in [7, 11) is 1.74. The fourth-order valence-electron chi connectivity index (χ4n) is 5.51. The number of benzene rings is 2. The molecule has 2 unspecified atom stereocenters. The summed E-state index contributed by atoms with van der Waals surface area (Å²) in [6.45, 7) is -5.67. The maximum Gasteiger partial charge on any atom is 0.227 e. The molecular formula is C34H37N2O+. The van der Waals surface area contributed by atoms with Gasteiger partial charge < -0.3 is 4.42 Å². The molecule has 5 aromatic rings. The van der Waals surface area contributed by atoms with Gasteiger partial charge in [0.05, 0.1) is 11.3 Å². The molecular weight excluding hydrogens is 452 g/mol.